The summed E-state index contributed by atoms with van der Waals surface area (Å²) >= 11 is 0. The Labute approximate surface area is 172 Å². The van der Waals surface area contributed by atoms with Crippen LogP contribution in [0.3, 0.4) is 0 Å². The van der Waals surface area contributed by atoms with Crippen molar-refractivity contribution < 1.29 is 18.0 Å². The van der Waals surface area contributed by atoms with Crippen LogP contribution in [0.2, 0.25) is 0 Å². The monoisotopic (exact) mass is 416 g/mol. The normalized spacial score (nSPS) is 18.4. The molecule has 1 fully saturated rings. The first-order valence-electron chi connectivity index (χ1n) is 10.1. The molecular weight excluding hydrogens is 393 g/mol. The Bertz CT molecular complexity index is 1010. The summed E-state index contributed by atoms with van der Waals surface area (Å²) in [6.07, 6.45) is -0.934. The van der Waals surface area contributed by atoms with E-state index in [9.17, 15) is 18.0 Å². The molecule has 5 nitrogen and oxygen atoms in total. The number of pyridine rings is 1. The number of ketones is 1. The van der Waals surface area contributed by atoms with Crippen molar-refractivity contribution in [2.24, 2.45) is 5.92 Å². The zero-order chi connectivity index (χ0) is 21.1. The molecule has 158 valence electrons. The second-order valence-corrected chi connectivity index (χ2v) is 7.80. The van der Waals surface area contributed by atoms with Crippen LogP contribution in [0.25, 0.3) is 5.65 Å². The summed E-state index contributed by atoms with van der Waals surface area (Å²) in [5, 5.41) is 11.5. The summed E-state index contributed by atoms with van der Waals surface area (Å²) in [6.45, 7) is 1.56. The van der Waals surface area contributed by atoms with Gasteiger partial charge in [-0.2, -0.15) is 13.2 Å². The number of fused-ring (bicyclic) bond motifs is 1. The fraction of sp³-hybridized carbons (Fsp3) is 0.409. The topological polar surface area (TPSA) is 59.3 Å². The largest absolute Gasteiger partial charge is 0.417 e. The molecule has 1 N–H and O–H groups in total. The molecule has 0 saturated carbocycles. The van der Waals surface area contributed by atoms with Gasteiger partial charge >= 0.3 is 6.18 Å². The summed E-state index contributed by atoms with van der Waals surface area (Å²) in [4.78, 5) is 13.0. The molecule has 4 rings (SSSR count). The highest BCUT2D eigenvalue weighted by atomic mass is 19.4. The molecule has 1 aromatic carbocycles. The smallest absolute Gasteiger partial charge is 0.316 e. The Morgan fingerprint density at radius 2 is 1.97 bits per heavy atom. The number of piperidine rings is 1. The predicted octanol–water partition coefficient (Wildman–Crippen LogP) is 4.03. The molecule has 1 saturated heterocycles. The molecular formula is C22H23F3N4O. The third-order valence-corrected chi connectivity index (χ3v) is 5.65. The molecule has 1 unspecified atom stereocenters. The van der Waals surface area contributed by atoms with Gasteiger partial charge < -0.3 is 5.32 Å². The molecule has 0 spiro atoms. The van der Waals surface area contributed by atoms with Gasteiger partial charge in [-0.05, 0) is 43.5 Å². The standard InChI is InChI=1S/C22H23F3N4O/c23-22(24,25)18-8-9-20-27-28-21(29(20)14-18)17(11-15-5-2-1-3-6-15)12-19(30)16-7-4-10-26-13-16/h1-3,5-6,8-9,14,16-17,26H,4,7,10-13H2/t16?,17-/m0/s1. The van der Waals surface area contributed by atoms with E-state index in [0.717, 1.165) is 37.2 Å². The predicted molar refractivity (Wildman–Crippen MR) is 106 cm³/mol. The van der Waals surface area contributed by atoms with Gasteiger partial charge in [-0.1, -0.05) is 30.3 Å². The zero-order valence-corrected chi connectivity index (χ0v) is 16.4. The summed E-state index contributed by atoms with van der Waals surface area (Å²) < 4.78 is 41.1. The molecule has 2 atom stereocenters. The Morgan fingerprint density at radius 1 is 1.17 bits per heavy atom. The van der Waals surface area contributed by atoms with Gasteiger partial charge in [0.25, 0.3) is 0 Å². The highest BCUT2D eigenvalue weighted by molar-refractivity contribution is 5.82. The number of carbonyl (C=O) groups excluding carboxylic acids is 1. The minimum absolute atomic E-state index is 0.0676. The van der Waals surface area contributed by atoms with Crippen LogP contribution in [0.15, 0.2) is 48.7 Å². The Morgan fingerprint density at radius 3 is 2.67 bits per heavy atom. The molecule has 0 bridgehead atoms. The van der Waals surface area contributed by atoms with Crippen molar-refractivity contribution >= 4 is 11.4 Å². The summed E-state index contributed by atoms with van der Waals surface area (Å²) in [5.74, 6) is 0.0752. The first-order valence-corrected chi connectivity index (χ1v) is 10.1. The van der Waals surface area contributed by atoms with Crippen molar-refractivity contribution in [3.05, 3.63) is 65.6 Å². The number of benzene rings is 1. The lowest BCUT2D eigenvalue weighted by molar-refractivity contribution is -0.137. The third kappa shape index (κ3) is 4.53. The minimum Gasteiger partial charge on any atom is -0.316 e. The van der Waals surface area contributed by atoms with Gasteiger partial charge in [0.15, 0.2) is 5.65 Å². The highest BCUT2D eigenvalue weighted by Gasteiger charge is 2.32. The lowest BCUT2D eigenvalue weighted by Crippen LogP contribution is -2.35. The summed E-state index contributed by atoms with van der Waals surface area (Å²) in [5.41, 5.74) is 0.570. The van der Waals surface area contributed by atoms with Crippen molar-refractivity contribution in [1.82, 2.24) is 19.9 Å². The maximum atomic E-state index is 13.2. The van der Waals surface area contributed by atoms with Crippen LogP contribution in [-0.4, -0.2) is 33.5 Å². The number of Topliss-reactive ketones (excluding diaryl/α,β-unsaturated/α-hetero) is 1. The molecule has 2 aromatic heterocycles. The van der Waals surface area contributed by atoms with Gasteiger partial charge in [0.2, 0.25) is 0 Å². The molecule has 0 radical (unpaired) electrons. The Kier molecular flexibility index (Phi) is 5.85. The van der Waals surface area contributed by atoms with E-state index in [4.69, 9.17) is 0 Å². The minimum atomic E-state index is -4.46. The van der Waals surface area contributed by atoms with E-state index in [1.807, 2.05) is 30.3 Å². The number of hydrogen-bond donors (Lipinski definition) is 1. The van der Waals surface area contributed by atoms with E-state index in [2.05, 4.69) is 15.5 Å². The van der Waals surface area contributed by atoms with Crippen LogP contribution >= 0.6 is 0 Å². The third-order valence-electron chi connectivity index (χ3n) is 5.65. The fourth-order valence-corrected chi connectivity index (χ4v) is 4.04. The molecule has 3 aromatic rings. The van der Waals surface area contributed by atoms with Crippen molar-refractivity contribution in [1.29, 1.82) is 0 Å². The van der Waals surface area contributed by atoms with E-state index in [1.165, 1.54) is 10.5 Å². The lowest BCUT2D eigenvalue weighted by atomic mass is 9.86. The number of halogens is 3. The van der Waals surface area contributed by atoms with Crippen LogP contribution in [-0.2, 0) is 17.4 Å². The van der Waals surface area contributed by atoms with E-state index in [-0.39, 0.29) is 24.0 Å². The fourth-order valence-electron chi connectivity index (χ4n) is 4.04. The second kappa shape index (κ2) is 8.55. The molecule has 0 amide bonds. The summed E-state index contributed by atoms with van der Waals surface area (Å²) in [7, 11) is 0. The van der Waals surface area contributed by atoms with Crippen molar-refractivity contribution in [2.75, 3.05) is 13.1 Å². The van der Waals surface area contributed by atoms with Gasteiger partial charge in [-0.25, -0.2) is 0 Å². The van der Waals surface area contributed by atoms with Gasteiger partial charge in [0, 0.05) is 31.0 Å². The number of rotatable bonds is 6. The SMILES string of the molecule is O=C(C[C@H](Cc1ccccc1)c1nnc2ccc(C(F)(F)F)cn12)C1CCCNC1. The summed E-state index contributed by atoms with van der Waals surface area (Å²) in [6, 6.07) is 11.9. The number of hydrogen-bond acceptors (Lipinski definition) is 4. The molecule has 30 heavy (non-hydrogen) atoms. The number of aromatic nitrogens is 3. The first-order chi connectivity index (χ1) is 14.4. The Hall–Kier alpha value is -2.74. The number of nitrogens with zero attached hydrogens (tertiary/aromatic N) is 3. The van der Waals surface area contributed by atoms with Crippen molar-refractivity contribution in [2.45, 2.75) is 37.8 Å². The van der Waals surface area contributed by atoms with Crippen molar-refractivity contribution in [3.63, 3.8) is 0 Å². The molecule has 3 heterocycles. The van der Waals surface area contributed by atoms with E-state index in [1.54, 1.807) is 0 Å². The maximum Gasteiger partial charge on any atom is 0.417 e. The number of carbonyl (C=O) groups is 1. The second-order valence-electron chi connectivity index (χ2n) is 7.80. The van der Waals surface area contributed by atoms with Crippen molar-refractivity contribution in [3.8, 4) is 0 Å². The average Bonchev–Trinajstić information content (AvgIpc) is 3.17. The maximum absolute atomic E-state index is 13.2. The van der Waals surface area contributed by atoms with Crippen LogP contribution < -0.4 is 5.32 Å². The van der Waals surface area contributed by atoms with Gasteiger partial charge in [0.05, 0.1) is 5.56 Å². The number of nitrogens with one attached hydrogen (secondary N) is 1. The zero-order valence-electron chi connectivity index (χ0n) is 16.4. The molecule has 1 aliphatic heterocycles. The molecule has 1 aliphatic rings. The van der Waals surface area contributed by atoms with Gasteiger partial charge in [-0.3, -0.25) is 9.20 Å². The quantitative estimate of drug-likeness (QED) is 0.659. The van der Waals surface area contributed by atoms with Crippen LogP contribution in [0.5, 0.6) is 0 Å². The first kappa shape index (κ1) is 20.5. The lowest BCUT2D eigenvalue weighted by Gasteiger charge is -2.24. The Balaban J connectivity index is 1.68. The average molecular weight is 416 g/mol. The van der Waals surface area contributed by atoms with Gasteiger partial charge in [0.1, 0.15) is 11.6 Å². The van der Waals surface area contributed by atoms with Gasteiger partial charge in [-0.15, -0.1) is 10.2 Å². The van der Waals surface area contributed by atoms with E-state index >= 15 is 0 Å². The van der Waals surface area contributed by atoms with E-state index < -0.39 is 11.7 Å². The van der Waals surface area contributed by atoms with Crippen LogP contribution in [0.1, 0.15) is 42.1 Å². The van der Waals surface area contributed by atoms with E-state index in [0.29, 0.717) is 24.4 Å². The molecule has 8 heteroatoms. The van der Waals surface area contributed by atoms with Crippen LogP contribution in [0, 0.1) is 5.92 Å². The molecule has 0 aliphatic carbocycles. The highest BCUT2D eigenvalue weighted by Crippen LogP contribution is 2.31. The van der Waals surface area contributed by atoms with Crippen LogP contribution in [0.4, 0.5) is 13.2 Å². The number of alkyl halides is 3.